The molecule has 0 saturated carbocycles. The number of nitrogens with zero attached hydrogens (tertiary/aromatic N) is 1. The first-order valence-corrected chi connectivity index (χ1v) is 5.15. The van der Waals surface area contributed by atoms with Gasteiger partial charge in [-0.2, -0.15) is 18.4 Å². The summed E-state index contributed by atoms with van der Waals surface area (Å²) in [6.45, 7) is 0. The second-order valence-electron chi connectivity index (χ2n) is 3.00. The van der Waals surface area contributed by atoms with E-state index in [0.29, 0.717) is 5.56 Å². The van der Waals surface area contributed by atoms with Crippen molar-refractivity contribution >= 4 is 11.8 Å². The maximum Gasteiger partial charge on any atom is 0.446 e. The molecule has 1 unspecified atom stereocenters. The van der Waals surface area contributed by atoms with Crippen molar-refractivity contribution < 1.29 is 18.3 Å². The Morgan fingerprint density at radius 3 is 2.69 bits per heavy atom. The molecule has 0 aliphatic heterocycles. The molecule has 0 amide bonds. The number of halogens is 3. The largest absolute Gasteiger partial charge is 0.446 e. The molecule has 86 valence electrons. The number of aliphatic hydroxyl groups is 1. The van der Waals surface area contributed by atoms with E-state index in [4.69, 9.17) is 5.26 Å². The van der Waals surface area contributed by atoms with Gasteiger partial charge in [0.05, 0.1) is 18.6 Å². The Hall–Kier alpha value is -1.19. The Labute approximate surface area is 94.7 Å². The highest BCUT2D eigenvalue weighted by molar-refractivity contribution is 8.00. The fourth-order valence-electron chi connectivity index (χ4n) is 1.12. The third-order valence-corrected chi connectivity index (χ3v) is 2.48. The average molecular weight is 247 g/mol. The minimum Gasteiger partial charge on any atom is -0.387 e. The van der Waals surface area contributed by atoms with Crippen LogP contribution in [0.25, 0.3) is 0 Å². The minimum atomic E-state index is -4.35. The lowest BCUT2D eigenvalue weighted by Crippen LogP contribution is -2.00. The summed E-state index contributed by atoms with van der Waals surface area (Å²) >= 11 is -0.244. The molecule has 0 radical (unpaired) electrons. The zero-order chi connectivity index (χ0) is 12.2. The van der Waals surface area contributed by atoms with E-state index >= 15 is 0 Å². The van der Waals surface area contributed by atoms with Crippen LogP contribution in [0.3, 0.4) is 0 Å². The van der Waals surface area contributed by atoms with E-state index in [1.165, 1.54) is 24.3 Å². The Balaban J connectivity index is 2.83. The van der Waals surface area contributed by atoms with Crippen LogP contribution in [-0.2, 0) is 0 Å². The molecule has 1 N–H and O–H groups in total. The van der Waals surface area contributed by atoms with Gasteiger partial charge in [0.2, 0.25) is 0 Å². The van der Waals surface area contributed by atoms with Crippen molar-refractivity contribution in [1.29, 1.82) is 5.26 Å². The average Bonchev–Trinajstić information content (AvgIpc) is 2.16. The molecule has 1 aromatic carbocycles. The van der Waals surface area contributed by atoms with Gasteiger partial charge in [-0.3, -0.25) is 0 Å². The van der Waals surface area contributed by atoms with Crippen LogP contribution >= 0.6 is 11.8 Å². The summed E-state index contributed by atoms with van der Waals surface area (Å²) in [5, 5.41) is 17.8. The molecule has 0 aromatic heterocycles. The summed E-state index contributed by atoms with van der Waals surface area (Å²) in [6.07, 6.45) is -1.18. The van der Waals surface area contributed by atoms with Gasteiger partial charge in [-0.1, -0.05) is 12.1 Å². The van der Waals surface area contributed by atoms with Crippen molar-refractivity contribution in [3.8, 4) is 6.07 Å². The fourth-order valence-corrected chi connectivity index (χ4v) is 1.73. The minimum absolute atomic E-state index is 0.00184. The van der Waals surface area contributed by atoms with Gasteiger partial charge < -0.3 is 5.11 Å². The molecule has 0 saturated heterocycles. The van der Waals surface area contributed by atoms with Crippen LogP contribution in [0, 0.1) is 11.3 Å². The maximum absolute atomic E-state index is 12.1. The van der Waals surface area contributed by atoms with Crippen molar-refractivity contribution in [2.24, 2.45) is 0 Å². The van der Waals surface area contributed by atoms with Gasteiger partial charge in [0.1, 0.15) is 0 Å². The first kappa shape index (κ1) is 12.9. The summed E-state index contributed by atoms with van der Waals surface area (Å²) < 4.78 is 36.2. The Morgan fingerprint density at radius 1 is 1.44 bits per heavy atom. The van der Waals surface area contributed by atoms with Gasteiger partial charge in [0.25, 0.3) is 0 Å². The summed E-state index contributed by atoms with van der Waals surface area (Å²) in [5.74, 6) is 0. The molecule has 0 bridgehead atoms. The molecule has 0 fully saturated rings. The van der Waals surface area contributed by atoms with Crippen LogP contribution in [0.1, 0.15) is 18.1 Å². The van der Waals surface area contributed by atoms with E-state index < -0.39 is 11.6 Å². The van der Waals surface area contributed by atoms with Crippen LogP contribution in [0.15, 0.2) is 29.2 Å². The van der Waals surface area contributed by atoms with Gasteiger partial charge in [0.15, 0.2) is 0 Å². The zero-order valence-corrected chi connectivity index (χ0v) is 8.85. The predicted molar refractivity (Wildman–Crippen MR) is 53.5 cm³/mol. The Kier molecular flexibility index (Phi) is 4.21. The smallest absolute Gasteiger partial charge is 0.387 e. The zero-order valence-electron chi connectivity index (χ0n) is 8.03. The summed E-state index contributed by atoms with van der Waals surface area (Å²) in [4.78, 5) is 0.00184. The second kappa shape index (κ2) is 5.23. The van der Waals surface area contributed by atoms with Crippen LogP contribution in [0.2, 0.25) is 0 Å². The van der Waals surface area contributed by atoms with Crippen LogP contribution in [0.4, 0.5) is 13.2 Å². The molecular weight excluding hydrogens is 239 g/mol. The molecule has 16 heavy (non-hydrogen) atoms. The molecule has 1 aromatic rings. The van der Waals surface area contributed by atoms with Crippen LogP contribution in [-0.4, -0.2) is 10.6 Å². The molecule has 2 nitrogen and oxygen atoms in total. The molecule has 0 aliphatic rings. The number of aliphatic hydroxyl groups excluding tert-OH is 1. The number of nitriles is 1. The van der Waals surface area contributed by atoms with Crippen molar-refractivity contribution in [2.45, 2.75) is 22.9 Å². The number of rotatable bonds is 3. The highest BCUT2D eigenvalue weighted by Gasteiger charge is 2.29. The van der Waals surface area contributed by atoms with E-state index in [2.05, 4.69) is 0 Å². The predicted octanol–water partition coefficient (Wildman–Crippen LogP) is 3.25. The summed E-state index contributed by atoms with van der Waals surface area (Å²) in [6, 6.07) is 7.21. The van der Waals surface area contributed by atoms with Gasteiger partial charge in [0, 0.05) is 4.90 Å². The van der Waals surface area contributed by atoms with Gasteiger partial charge >= 0.3 is 5.51 Å². The molecule has 1 rings (SSSR count). The number of alkyl halides is 3. The molecule has 1 atom stereocenters. The van der Waals surface area contributed by atoms with E-state index in [1.54, 1.807) is 6.07 Å². The standard InChI is InChI=1S/C10H8F3NOS/c11-10(12,13)16-8-3-1-2-7(6-8)9(15)4-5-14/h1-3,6,9,15H,4H2. The third kappa shape index (κ3) is 4.13. The fraction of sp³-hybridized carbons (Fsp3) is 0.300. The number of hydrogen-bond donors (Lipinski definition) is 1. The van der Waals surface area contributed by atoms with Gasteiger partial charge in [-0.05, 0) is 29.5 Å². The van der Waals surface area contributed by atoms with Crippen molar-refractivity contribution in [3.05, 3.63) is 29.8 Å². The van der Waals surface area contributed by atoms with E-state index in [-0.39, 0.29) is 23.1 Å². The van der Waals surface area contributed by atoms with E-state index in [1.807, 2.05) is 0 Å². The van der Waals surface area contributed by atoms with E-state index in [9.17, 15) is 18.3 Å². The van der Waals surface area contributed by atoms with Gasteiger partial charge in [-0.25, -0.2) is 0 Å². The summed E-state index contributed by atoms with van der Waals surface area (Å²) in [7, 11) is 0. The molecule has 6 heteroatoms. The van der Waals surface area contributed by atoms with Crippen LogP contribution < -0.4 is 0 Å². The quantitative estimate of drug-likeness (QED) is 0.834. The van der Waals surface area contributed by atoms with Crippen molar-refractivity contribution in [2.75, 3.05) is 0 Å². The lowest BCUT2D eigenvalue weighted by molar-refractivity contribution is -0.0328. The first-order chi connectivity index (χ1) is 7.42. The Bertz CT molecular complexity index is 400. The molecule has 0 heterocycles. The highest BCUT2D eigenvalue weighted by Crippen LogP contribution is 2.37. The van der Waals surface area contributed by atoms with Crippen LogP contribution in [0.5, 0.6) is 0 Å². The molecular formula is C10H8F3NOS. The van der Waals surface area contributed by atoms with Crippen molar-refractivity contribution in [3.63, 3.8) is 0 Å². The highest BCUT2D eigenvalue weighted by atomic mass is 32.2. The van der Waals surface area contributed by atoms with Crippen molar-refractivity contribution in [1.82, 2.24) is 0 Å². The number of hydrogen-bond acceptors (Lipinski definition) is 3. The van der Waals surface area contributed by atoms with Gasteiger partial charge in [-0.15, -0.1) is 0 Å². The normalized spacial score (nSPS) is 13.2. The lowest BCUT2D eigenvalue weighted by Gasteiger charge is -2.10. The molecule has 0 aliphatic carbocycles. The topological polar surface area (TPSA) is 44.0 Å². The summed E-state index contributed by atoms with van der Waals surface area (Å²) in [5.41, 5.74) is -4.03. The first-order valence-electron chi connectivity index (χ1n) is 4.33. The molecule has 0 spiro atoms. The monoisotopic (exact) mass is 247 g/mol. The maximum atomic E-state index is 12.1. The lowest BCUT2D eigenvalue weighted by atomic mass is 10.1. The Morgan fingerprint density at radius 2 is 2.12 bits per heavy atom. The number of thioether (sulfide) groups is 1. The third-order valence-electron chi connectivity index (χ3n) is 1.76. The second-order valence-corrected chi connectivity index (χ2v) is 4.14. The van der Waals surface area contributed by atoms with E-state index in [0.717, 1.165) is 0 Å². The number of benzene rings is 1. The SMILES string of the molecule is N#CCC(O)c1cccc(SC(F)(F)F)c1.